The second kappa shape index (κ2) is 8.19. The van der Waals surface area contributed by atoms with Gasteiger partial charge in [-0.25, -0.2) is 4.79 Å². The maximum absolute atomic E-state index is 11.9. The van der Waals surface area contributed by atoms with E-state index < -0.39 is 0 Å². The van der Waals surface area contributed by atoms with Gasteiger partial charge >= 0.3 is 6.09 Å². The largest absolute Gasteiger partial charge is 0.449 e. The quantitative estimate of drug-likeness (QED) is 0.773. The molecule has 0 aromatic heterocycles. The van der Waals surface area contributed by atoms with Crippen LogP contribution in [0.1, 0.15) is 59.3 Å². The molecule has 0 spiro atoms. The molecule has 2 fully saturated rings. The van der Waals surface area contributed by atoms with Crippen molar-refractivity contribution in [3.8, 4) is 0 Å². The van der Waals surface area contributed by atoms with Crippen LogP contribution in [0.5, 0.6) is 0 Å². The first-order chi connectivity index (χ1) is 10.5. The molecule has 0 radical (unpaired) electrons. The first kappa shape index (κ1) is 17.6. The number of hydrogen-bond donors (Lipinski definition) is 1. The Kier molecular flexibility index (Phi) is 6.54. The molecule has 0 heterocycles. The van der Waals surface area contributed by atoms with Crippen LogP contribution < -0.4 is 5.32 Å². The minimum atomic E-state index is -0.274. The van der Waals surface area contributed by atoms with Crippen LogP contribution in [0.15, 0.2) is 0 Å². The van der Waals surface area contributed by atoms with Gasteiger partial charge in [-0.05, 0) is 37.5 Å². The van der Waals surface area contributed by atoms with E-state index in [9.17, 15) is 4.79 Å². The minimum Gasteiger partial charge on any atom is -0.449 e. The molecule has 3 atom stereocenters. The van der Waals surface area contributed by atoms with Gasteiger partial charge < -0.3 is 14.8 Å². The van der Waals surface area contributed by atoms with Crippen LogP contribution in [0.3, 0.4) is 0 Å². The van der Waals surface area contributed by atoms with E-state index in [1.54, 1.807) is 0 Å². The SMILES string of the molecule is CCOCC(C)(C)CNC(=O)OC[C@@H]1[C@@H]2CCCCCC[C@@H]21. The molecular formula is C18H33NO3. The summed E-state index contributed by atoms with van der Waals surface area (Å²) in [5, 5.41) is 2.88. The predicted octanol–water partition coefficient (Wildman–Crippen LogP) is 3.99. The molecule has 0 bridgehead atoms. The molecule has 4 heteroatoms. The van der Waals surface area contributed by atoms with Crippen LogP contribution in [-0.4, -0.2) is 32.5 Å². The Balaban J connectivity index is 1.62. The summed E-state index contributed by atoms with van der Waals surface area (Å²) in [6, 6.07) is 0. The number of hydrogen-bond acceptors (Lipinski definition) is 3. The highest BCUT2D eigenvalue weighted by atomic mass is 16.5. The highest BCUT2D eigenvalue weighted by Gasteiger charge is 2.49. The average Bonchev–Trinajstić information content (AvgIpc) is 3.10. The van der Waals surface area contributed by atoms with E-state index in [2.05, 4.69) is 19.2 Å². The molecule has 0 unspecified atom stereocenters. The number of alkyl carbamates (subject to hydrolysis) is 1. The summed E-state index contributed by atoms with van der Waals surface area (Å²) in [6.07, 6.45) is 7.87. The molecule has 0 aromatic rings. The van der Waals surface area contributed by atoms with Gasteiger partial charge in [0.15, 0.2) is 0 Å². The van der Waals surface area contributed by atoms with E-state index in [0.717, 1.165) is 11.8 Å². The summed E-state index contributed by atoms with van der Waals surface area (Å²) in [6.45, 7) is 8.71. The van der Waals surface area contributed by atoms with E-state index in [1.807, 2.05) is 6.92 Å². The van der Waals surface area contributed by atoms with Gasteiger partial charge in [0.2, 0.25) is 0 Å². The van der Waals surface area contributed by atoms with Crippen LogP contribution in [0, 0.1) is 23.2 Å². The lowest BCUT2D eigenvalue weighted by molar-refractivity contribution is 0.0679. The molecule has 22 heavy (non-hydrogen) atoms. The van der Waals surface area contributed by atoms with Gasteiger partial charge in [-0.1, -0.05) is 39.5 Å². The Morgan fingerprint density at radius 2 is 1.77 bits per heavy atom. The van der Waals surface area contributed by atoms with Gasteiger partial charge in [-0.2, -0.15) is 0 Å². The summed E-state index contributed by atoms with van der Waals surface area (Å²) in [5.74, 6) is 2.27. The zero-order valence-electron chi connectivity index (χ0n) is 14.5. The van der Waals surface area contributed by atoms with E-state index in [4.69, 9.17) is 9.47 Å². The number of ether oxygens (including phenoxy) is 2. The van der Waals surface area contributed by atoms with Crippen molar-refractivity contribution >= 4 is 6.09 Å². The molecule has 2 aliphatic rings. The van der Waals surface area contributed by atoms with E-state index in [0.29, 0.717) is 32.3 Å². The summed E-state index contributed by atoms with van der Waals surface area (Å²) in [4.78, 5) is 11.9. The van der Waals surface area contributed by atoms with Gasteiger partial charge in [0.1, 0.15) is 0 Å². The van der Waals surface area contributed by atoms with E-state index >= 15 is 0 Å². The standard InChI is InChI=1S/C18H33NO3/c1-4-21-13-18(2,3)12-19-17(20)22-11-16-14-9-7-5-6-8-10-15(14)16/h14-16H,4-13H2,1-3H3,(H,19,20)/t14-,15+,16-. The molecule has 2 rings (SSSR count). The number of fused-ring (bicyclic) bond motifs is 1. The van der Waals surface area contributed by atoms with Crippen molar-refractivity contribution in [1.29, 1.82) is 0 Å². The number of carbonyl (C=O) groups excluding carboxylic acids is 1. The van der Waals surface area contributed by atoms with Gasteiger partial charge in [-0.3, -0.25) is 0 Å². The van der Waals surface area contributed by atoms with Crippen molar-refractivity contribution in [3.05, 3.63) is 0 Å². The summed E-state index contributed by atoms with van der Waals surface area (Å²) in [7, 11) is 0. The molecule has 1 amide bonds. The normalized spacial score (nSPS) is 28.2. The van der Waals surface area contributed by atoms with Crippen LogP contribution in [0.25, 0.3) is 0 Å². The monoisotopic (exact) mass is 311 g/mol. The lowest BCUT2D eigenvalue weighted by Crippen LogP contribution is -2.37. The van der Waals surface area contributed by atoms with Gasteiger partial charge in [0, 0.05) is 18.6 Å². The molecular weight excluding hydrogens is 278 g/mol. The first-order valence-electron chi connectivity index (χ1n) is 9.02. The fourth-order valence-corrected chi connectivity index (χ4v) is 3.71. The zero-order valence-corrected chi connectivity index (χ0v) is 14.5. The third-order valence-electron chi connectivity index (χ3n) is 5.15. The van der Waals surface area contributed by atoms with E-state index in [-0.39, 0.29) is 11.5 Å². The van der Waals surface area contributed by atoms with Gasteiger partial charge in [0.05, 0.1) is 13.2 Å². The van der Waals surface area contributed by atoms with Crippen molar-refractivity contribution in [2.75, 3.05) is 26.4 Å². The Bertz CT molecular complexity index is 342. The van der Waals surface area contributed by atoms with Crippen molar-refractivity contribution in [2.24, 2.45) is 23.2 Å². The van der Waals surface area contributed by atoms with Crippen LogP contribution in [0.4, 0.5) is 4.79 Å². The van der Waals surface area contributed by atoms with Crippen LogP contribution in [0.2, 0.25) is 0 Å². The van der Waals surface area contributed by atoms with Crippen molar-refractivity contribution in [3.63, 3.8) is 0 Å². The molecule has 2 saturated carbocycles. The van der Waals surface area contributed by atoms with Crippen LogP contribution >= 0.6 is 0 Å². The zero-order chi connectivity index (χ0) is 16.0. The number of carbonyl (C=O) groups is 1. The minimum absolute atomic E-state index is 0.0571. The highest BCUT2D eigenvalue weighted by molar-refractivity contribution is 5.67. The Morgan fingerprint density at radius 3 is 2.36 bits per heavy atom. The Morgan fingerprint density at radius 1 is 1.14 bits per heavy atom. The second-order valence-electron chi connectivity index (χ2n) is 7.74. The number of nitrogens with one attached hydrogen (secondary N) is 1. The van der Waals surface area contributed by atoms with Gasteiger partial charge in [0.25, 0.3) is 0 Å². The smallest absolute Gasteiger partial charge is 0.407 e. The Labute approximate surface area is 135 Å². The first-order valence-corrected chi connectivity index (χ1v) is 9.02. The van der Waals surface area contributed by atoms with Crippen molar-refractivity contribution in [2.45, 2.75) is 59.3 Å². The summed E-state index contributed by atoms with van der Waals surface area (Å²) >= 11 is 0. The lowest BCUT2D eigenvalue weighted by atomic mass is 9.95. The fraction of sp³-hybridized carbons (Fsp3) is 0.944. The molecule has 2 aliphatic carbocycles. The fourth-order valence-electron chi connectivity index (χ4n) is 3.71. The maximum atomic E-state index is 11.9. The summed E-state index contributed by atoms with van der Waals surface area (Å²) in [5.41, 5.74) is -0.0571. The molecule has 4 nitrogen and oxygen atoms in total. The van der Waals surface area contributed by atoms with E-state index in [1.165, 1.54) is 38.5 Å². The lowest BCUT2D eigenvalue weighted by Gasteiger charge is -2.24. The topological polar surface area (TPSA) is 47.6 Å². The molecule has 0 saturated heterocycles. The number of amides is 1. The highest BCUT2D eigenvalue weighted by Crippen LogP contribution is 2.53. The van der Waals surface area contributed by atoms with Crippen LogP contribution in [-0.2, 0) is 9.47 Å². The third kappa shape index (κ3) is 5.45. The third-order valence-corrected chi connectivity index (χ3v) is 5.15. The molecule has 128 valence electrons. The molecule has 0 aliphatic heterocycles. The average molecular weight is 311 g/mol. The summed E-state index contributed by atoms with van der Waals surface area (Å²) < 4.78 is 10.9. The van der Waals surface area contributed by atoms with Crippen molar-refractivity contribution < 1.29 is 14.3 Å². The second-order valence-corrected chi connectivity index (χ2v) is 7.74. The Hall–Kier alpha value is -0.770. The van der Waals surface area contributed by atoms with Gasteiger partial charge in [-0.15, -0.1) is 0 Å². The molecule has 0 aromatic carbocycles. The number of rotatable bonds is 7. The maximum Gasteiger partial charge on any atom is 0.407 e. The predicted molar refractivity (Wildman–Crippen MR) is 87.8 cm³/mol. The van der Waals surface area contributed by atoms with Crippen molar-refractivity contribution in [1.82, 2.24) is 5.32 Å². The molecule has 1 N–H and O–H groups in total.